The Kier molecular flexibility index (Phi) is 7.33. The Morgan fingerprint density at radius 2 is 1.95 bits per heavy atom. The lowest BCUT2D eigenvalue weighted by Gasteiger charge is -2.28. The van der Waals surface area contributed by atoms with Crippen molar-refractivity contribution in [1.29, 1.82) is 0 Å². The fourth-order valence-electron chi connectivity index (χ4n) is 5.22. The molecule has 1 fully saturated rings. The number of nitrogens with one attached hydrogen (secondary N) is 2. The van der Waals surface area contributed by atoms with Crippen LogP contribution in [-0.4, -0.2) is 32.0 Å². The molecule has 1 aromatic carbocycles. The van der Waals surface area contributed by atoms with Gasteiger partial charge in [-0.1, -0.05) is 18.2 Å². The molecule has 0 unspecified atom stereocenters. The number of amides is 1. The van der Waals surface area contributed by atoms with Crippen LogP contribution in [0.4, 0.5) is 5.69 Å². The molecule has 2 atom stereocenters. The predicted octanol–water partition coefficient (Wildman–Crippen LogP) is 5.76. The summed E-state index contributed by atoms with van der Waals surface area (Å²) in [6.07, 6.45) is 3.81. The van der Waals surface area contributed by atoms with E-state index >= 15 is 0 Å². The van der Waals surface area contributed by atoms with Crippen molar-refractivity contribution < 1.29 is 9.21 Å². The van der Waals surface area contributed by atoms with Gasteiger partial charge < -0.3 is 24.5 Å². The topological polar surface area (TPSA) is 75.3 Å². The Bertz CT molecular complexity index is 1450. The molecule has 196 valence electrons. The number of carbonyl (C=O) groups excluding carboxylic acids is 1. The van der Waals surface area contributed by atoms with Crippen molar-refractivity contribution in [1.82, 2.24) is 19.8 Å². The first-order valence-electron chi connectivity index (χ1n) is 12.9. The van der Waals surface area contributed by atoms with Crippen LogP contribution in [0.1, 0.15) is 58.0 Å². The smallest absolute Gasteiger partial charge is 0.226 e. The summed E-state index contributed by atoms with van der Waals surface area (Å²) in [5.41, 5.74) is 7.35. The molecule has 4 heterocycles. The van der Waals surface area contributed by atoms with Gasteiger partial charge in [0.1, 0.15) is 5.76 Å². The zero-order chi connectivity index (χ0) is 26.8. The highest BCUT2D eigenvalue weighted by atomic mass is 32.1. The van der Waals surface area contributed by atoms with E-state index in [9.17, 15) is 4.79 Å². The summed E-state index contributed by atoms with van der Waals surface area (Å²) in [6, 6.07) is 17.9. The molecule has 38 heavy (non-hydrogen) atoms. The van der Waals surface area contributed by atoms with Crippen molar-refractivity contribution in [3.05, 3.63) is 107 Å². The summed E-state index contributed by atoms with van der Waals surface area (Å²) in [5, 5.41) is 7.20. The lowest BCUT2D eigenvalue weighted by Crippen LogP contribution is -2.33. The molecule has 5 rings (SSSR count). The van der Waals surface area contributed by atoms with Crippen LogP contribution in [0.5, 0.6) is 0 Å². The maximum Gasteiger partial charge on any atom is 0.226 e. The van der Waals surface area contributed by atoms with Crippen molar-refractivity contribution in [2.45, 2.75) is 52.7 Å². The number of hydrogen-bond acceptors (Lipinski definition) is 4. The number of nitrogens with zero attached hydrogens (tertiary/aromatic N) is 3. The number of pyridine rings is 1. The quantitative estimate of drug-likeness (QED) is 0.284. The van der Waals surface area contributed by atoms with Gasteiger partial charge >= 0.3 is 0 Å². The van der Waals surface area contributed by atoms with E-state index in [2.05, 4.69) is 45.0 Å². The number of benzene rings is 1. The standard InChI is InChI=1S/C30H33N5O2S/c1-19-10-11-20(2)26(16-19)32-27(36)12-14-34-29(28(33-30(34)38)25-9-5-6-13-31-25)24-17-21(3)35(22(24)4)18-23-8-7-15-37-23/h5-11,13,15-17,28-29H,12,14,18H2,1-4H3,(H,32,36)(H,33,38)/t28-,29-/m1/s1. The van der Waals surface area contributed by atoms with Gasteiger partial charge in [0.2, 0.25) is 5.91 Å². The molecular formula is C30H33N5O2S. The van der Waals surface area contributed by atoms with Crippen LogP contribution in [-0.2, 0) is 11.3 Å². The molecule has 2 N–H and O–H groups in total. The second-order valence-corrected chi connectivity index (χ2v) is 10.3. The number of aryl methyl sites for hydroxylation is 3. The largest absolute Gasteiger partial charge is 0.467 e. The molecule has 0 bridgehead atoms. The van der Waals surface area contributed by atoms with Crippen molar-refractivity contribution in [3.63, 3.8) is 0 Å². The van der Waals surface area contributed by atoms with Gasteiger partial charge in [-0.15, -0.1) is 0 Å². The number of furan rings is 1. The first-order valence-corrected chi connectivity index (χ1v) is 13.3. The van der Waals surface area contributed by atoms with E-state index < -0.39 is 0 Å². The van der Waals surface area contributed by atoms with Gasteiger partial charge in [-0.2, -0.15) is 0 Å². The summed E-state index contributed by atoms with van der Waals surface area (Å²) in [4.78, 5) is 19.8. The second kappa shape index (κ2) is 10.8. The third-order valence-electron chi connectivity index (χ3n) is 7.27. The number of rotatable bonds is 8. The highest BCUT2D eigenvalue weighted by molar-refractivity contribution is 7.80. The van der Waals surface area contributed by atoms with E-state index in [1.807, 2.05) is 62.4 Å². The van der Waals surface area contributed by atoms with Gasteiger partial charge in [-0.05, 0) is 93.0 Å². The molecule has 4 aromatic rings. The summed E-state index contributed by atoms with van der Waals surface area (Å²) in [6.45, 7) is 9.40. The van der Waals surface area contributed by atoms with E-state index in [1.54, 1.807) is 12.5 Å². The minimum absolute atomic E-state index is 0.0372. The van der Waals surface area contributed by atoms with Gasteiger partial charge in [0.05, 0.1) is 30.6 Å². The Balaban J connectivity index is 1.43. The zero-order valence-corrected chi connectivity index (χ0v) is 23.0. The highest BCUT2D eigenvalue weighted by Crippen LogP contribution is 2.41. The molecule has 1 aliphatic heterocycles. The Morgan fingerprint density at radius 1 is 1.11 bits per heavy atom. The number of carbonyl (C=O) groups is 1. The van der Waals surface area contributed by atoms with Crippen molar-refractivity contribution in [3.8, 4) is 0 Å². The summed E-state index contributed by atoms with van der Waals surface area (Å²) in [5.74, 6) is 0.865. The Morgan fingerprint density at radius 3 is 2.68 bits per heavy atom. The lowest BCUT2D eigenvalue weighted by atomic mass is 9.96. The molecule has 3 aromatic heterocycles. The van der Waals surface area contributed by atoms with E-state index in [0.29, 0.717) is 24.6 Å². The van der Waals surface area contributed by atoms with Crippen LogP contribution in [0.25, 0.3) is 0 Å². The molecule has 0 saturated carbocycles. The van der Waals surface area contributed by atoms with E-state index in [-0.39, 0.29) is 18.0 Å². The SMILES string of the molecule is Cc1ccc(C)c(NC(=O)CCN2C(=S)N[C@H](c3ccccn3)[C@H]2c2cc(C)n(Cc3ccco3)c2C)c1. The average molecular weight is 528 g/mol. The minimum atomic E-state index is -0.136. The van der Waals surface area contributed by atoms with Crippen LogP contribution in [0, 0.1) is 27.7 Å². The van der Waals surface area contributed by atoms with Gasteiger partial charge in [0.15, 0.2) is 5.11 Å². The molecular weight excluding hydrogens is 494 g/mol. The zero-order valence-electron chi connectivity index (χ0n) is 22.2. The fourth-order valence-corrected chi connectivity index (χ4v) is 5.55. The number of aromatic nitrogens is 2. The number of hydrogen-bond donors (Lipinski definition) is 2. The van der Waals surface area contributed by atoms with Gasteiger partial charge in [0, 0.05) is 36.2 Å². The van der Waals surface area contributed by atoms with Crippen LogP contribution in [0.15, 0.2) is 71.5 Å². The van der Waals surface area contributed by atoms with E-state index in [4.69, 9.17) is 16.6 Å². The van der Waals surface area contributed by atoms with Gasteiger partial charge in [0.25, 0.3) is 0 Å². The Hall–Kier alpha value is -3.91. The minimum Gasteiger partial charge on any atom is -0.467 e. The van der Waals surface area contributed by atoms with Gasteiger partial charge in [-0.3, -0.25) is 9.78 Å². The molecule has 8 heteroatoms. The summed E-state index contributed by atoms with van der Waals surface area (Å²) >= 11 is 5.82. The third-order valence-corrected chi connectivity index (χ3v) is 7.62. The van der Waals surface area contributed by atoms with E-state index in [0.717, 1.165) is 45.2 Å². The number of anilines is 1. The average Bonchev–Trinajstić information content (AvgIpc) is 3.60. The van der Waals surface area contributed by atoms with Crippen LogP contribution in [0.2, 0.25) is 0 Å². The van der Waals surface area contributed by atoms with Crippen molar-refractivity contribution >= 4 is 28.9 Å². The molecule has 7 nitrogen and oxygen atoms in total. The molecule has 1 amide bonds. The van der Waals surface area contributed by atoms with Crippen LogP contribution in [0.3, 0.4) is 0 Å². The monoisotopic (exact) mass is 527 g/mol. The molecule has 0 aliphatic carbocycles. The first-order chi connectivity index (χ1) is 18.3. The van der Waals surface area contributed by atoms with Crippen LogP contribution >= 0.6 is 12.2 Å². The normalized spacial score (nSPS) is 17.1. The molecule has 0 spiro atoms. The van der Waals surface area contributed by atoms with Crippen LogP contribution < -0.4 is 10.6 Å². The van der Waals surface area contributed by atoms with Crippen molar-refractivity contribution in [2.75, 3.05) is 11.9 Å². The molecule has 1 aliphatic rings. The highest BCUT2D eigenvalue weighted by Gasteiger charge is 2.41. The van der Waals surface area contributed by atoms with E-state index in [1.165, 1.54) is 0 Å². The lowest BCUT2D eigenvalue weighted by molar-refractivity contribution is -0.116. The maximum atomic E-state index is 13.0. The Labute approximate surface area is 228 Å². The first kappa shape index (κ1) is 25.7. The van der Waals surface area contributed by atoms with Crippen molar-refractivity contribution in [2.24, 2.45) is 0 Å². The fraction of sp³-hybridized carbons (Fsp3) is 0.300. The second-order valence-electron chi connectivity index (χ2n) is 9.93. The predicted molar refractivity (Wildman–Crippen MR) is 153 cm³/mol. The van der Waals surface area contributed by atoms with Gasteiger partial charge in [-0.25, -0.2) is 0 Å². The molecule has 0 radical (unpaired) electrons. The molecule has 1 saturated heterocycles. The third kappa shape index (κ3) is 5.22. The summed E-state index contributed by atoms with van der Waals surface area (Å²) < 4.78 is 7.88. The maximum absolute atomic E-state index is 13.0. The number of thiocarbonyl (C=S) groups is 1. The summed E-state index contributed by atoms with van der Waals surface area (Å²) in [7, 11) is 0.